The van der Waals surface area contributed by atoms with Gasteiger partial charge in [-0.15, -0.1) is 11.8 Å². The minimum absolute atomic E-state index is 0.0416. The minimum Gasteiger partial charge on any atom is -0.481 e. The molecule has 184 valence electrons. The van der Waals surface area contributed by atoms with Crippen molar-refractivity contribution in [3.05, 3.63) is 29.3 Å². The van der Waals surface area contributed by atoms with Crippen molar-refractivity contribution in [3.63, 3.8) is 0 Å². The Labute approximate surface area is 200 Å². The fourth-order valence-electron chi connectivity index (χ4n) is 3.52. The van der Waals surface area contributed by atoms with Crippen LogP contribution in [0.1, 0.15) is 40.0 Å². The van der Waals surface area contributed by atoms with Gasteiger partial charge in [0.1, 0.15) is 6.04 Å². The van der Waals surface area contributed by atoms with E-state index >= 15 is 0 Å². The molecule has 0 spiro atoms. The van der Waals surface area contributed by atoms with Crippen molar-refractivity contribution in [3.8, 4) is 0 Å². The molecular formula is C22H26N2O9S. The molecule has 2 aliphatic rings. The van der Waals surface area contributed by atoms with Crippen molar-refractivity contribution in [1.29, 1.82) is 0 Å². The van der Waals surface area contributed by atoms with Crippen LogP contribution in [0.25, 0.3) is 0 Å². The third kappa shape index (κ3) is 6.63. The molecule has 0 saturated carbocycles. The molecule has 1 fully saturated rings. The number of ether oxygens (including phenoxy) is 3. The number of rotatable bonds is 14. The Morgan fingerprint density at radius 2 is 1.68 bits per heavy atom. The highest BCUT2D eigenvalue weighted by Gasteiger charge is 2.45. The van der Waals surface area contributed by atoms with Crippen molar-refractivity contribution >= 4 is 41.4 Å². The summed E-state index contributed by atoms with van der Waals surface area (Å²) in [4.78, 5) is 61.4. The van der Waals surface area contributed by atoms with Gasteiger partial charge >= 0.3 is 5.97 Å². The first-order chi connectivity index (χ1) is 16.4. The molecule has 2 heterocycles. The lowest BCUT2D eigenvalue weighted by Crippen LogP contribution is -2.54. The highest BCUT2D eigenvalue weighted by molar-refractivity contribution is 7.99. The van der Waals surface area contributed by atoms with Crippen LogP contribution in [0.5, 0.6) is 0 Å². The third-order valence-corrected chi connectivity index (χ3v) is 6.14. The van der Waals surface area contributed by atoms with E-state index in [1.165, 1.54) is 11.8 Å². The minimum atomic E-state index is -0.992. The highest BCUT2D eigenvalue weighted by Crippen LogP contribution is 2.34. The zero-order valence-electron chi connectivity index (χ0n) is 18.4. The summed E-state index contributed by atoms with van der Waals surface area (Å²) in [6.07, 6.45) is 0.146. The van der Waals surface area contributed by atoms with Gasteiger partial charge in [0.2, 0.25) is 11.8 Å². The number of hydrogen-bond acceptors (Lipinski definition) is 9. The lowest BCUT2D eigenvalue weighted by atomic mass is 10.0. The maximum Gasteiger partial charge on any atom is 0.305 e. The Hall–Kier alpha value is -2.80. The summed E-state index contributed by atoms with van der Waals surface area (Å²) in [5, 5.41) is 10.7. The van der Waals surface area contributed by atoms with Crippen LogP contribution in [-0.2, 0) is 28.6 Å². The molecule has 0 bridgehead atoms. The van der Waals surface area contributed by atoms with E-state index in [1.54, 1.807) is 18.2 Å². The molecule has 4 amide bonds. The fraction of sp³-hybridized carbons (Fsp3) is 0.500. The molecule has 1 atom stereocenters. The topological polar surface area (TPSA) is 149 Å². The Morgan fingerprint density at radius 3 is 2.35 bits per heavy atom. The number of hydrogen-bond donors (Lipinski definition) is 2. The van der Waals surface area contributed by atoms with E-state index in [9.17, 15) is 24.0 Å². The van der Waals surface area contributed by atoms with Crippen LogP contribution in [0.4, 0.5) is 0 Å². The predicted octanol–water partition coefficient (Wildman–Crippen LogP) is 0.704. The number of piperidine rings is 1. The summed E-state index contributed by atoms with van der Waals surface area (Å²) >= 11 is 1.37. The Morgan fingerprint density at radius 1 is 1.00 bits per heavy atom. The number of thioether (sulfide) groups is 1. The zero-order valence-corrected chi connectivity index (χ0v) is 19.3. The molecule has 3 rings (SSSR count). The lowest BCUT2D eigenvalue weighted by Gasteiger charge is -2.27. The average Bonchev–Trinajstić information content (AvgIpc) is 3.05. The molecule has 11 nitrogen and oxygen atoms in total. The number of carbonyl (C=O) groups excluding carboxylic acids is 4. The van der Waals surface area contributed by atoms with Crippen LogP contribution in [0, 0.1) is 0 Å². The summed E-state index contributed by atoms with van der Waals surface area (Å²) in [5.41, 5.74) is 0.521. The number of aliphatic carboxylic acids is 1. The van der Waals surface area contributed by atoms with Crippen LogP contribution in [-0.4, -0.2) is 91.0 Å². The number of carbonyl (C=O) groups is 5. The van der Waals surface area contributed by atoms with Crippen molar-refractivity contribution in [1.82, 2.24) is 10.2 Å². The number of nitrogens with zero attached hydrogens (tertiary/aromatic N) is 1. The molecule has 0 radical (unpaired) electrons. The Balaban J connectivity index is 1.40. The summed E-state index contributed by atoms with van der Waals surface area (Å²) in [6, 6.07) is 4.00. The molecule has 34 heavy (non-hydrogen) atoms. The maximum atomic E-state index is 13.0. The third-order valence-electron chi connectivity index (χ3n) is 5.12. The molecular weight excluding hydrogens is 468 g/mol. The first kappa shape index (κ1) is 25.8. The van der Waals surface area contributed by atoms with Gasteiger partial charge in [0.05, 0.1) is 57.2 Å². The van der Waals surface area contributed by atoms with E-state index in [4.69, 9.17) is 19.3 Å². The fourth-order valence-corrected chi connectivity index (χ4v) is 4.45. The predicted molar refractivity (Wildman–Crippen MR) is 119 cm³/mol. The molecule has 0 aromatic heterocycles. The van der Waals surface area contributed by atoms with Gasteiger partial charge in [-0.25, -0.2) is 0 Å². The van der Waals surface area contributed by atoms with E-state index in [0.717, 1.165) is 4.90 Å². The summed E-state index contributed by atoms with van der Waals surface area (Å²) in [6.45, 7) is 1.92. The number of fused-ring (bicyclic) bond motifs is 1. The van der Waals surface area contributed by atoms with Crippen molar-refractivity contribution in [2.24, 2.45) is 0 Å². The normalized spacial score (nSPS) is 17.8. The maximum absolute atomic E-state index is 13.0. The quantitative estimate of drug-likeness (QED) is 0.215. The molecule has 1 saturated heterocycles. The molecule has 2 N–H and O–H groups in total. The van der Waals surface area contributed by atoms with Gasteiger partial charge in [-0.2, -0.15) is 0 Å². The number of imide groups is 2. The molecule has 1 aromatic carbocycles. The Kier molecular flexibility index (Phi) is 9.57. The first-order valence-electron chi connectivity index (χ1n) is 10.8. The molecule has 0 aliphatic carbocycles. The van der Waals surface area contributed by atoms with Gasteiger partial charge in [0.25, 0.3) is 11.8 Å². The largest absolute Gasteiger partial charge is 0.481 e. The van der Waals surface area contributed by atoms with E-state index in [-0.39, 0.29) is 37.0 Å². The summed E-state index contributed by atoms with van der Waals surface area (Å²) < 4.78 is 15.9. The van der Waals surface area contributed by atoms with Crippen LogP contribution in [0.3, 0.4) is 0 Å². The number of nitrogens with one attached hydrogen (secondary N) is 1. The monoisotopic (exact) mass is 494 g/mol. The summed E-state index contributed by atoms with van der Waals surface area (Å²) in [5.74, 6) is -2.48. The SMILES string of the molecule is O=C(O)CCOCCOCCOCCSc1cccc2c1C(=O)N(C1CCC(=O)NC1=O)C2=O. The van der Waals surface area contributed by atoms with Crippen LogP contribution in [0.15, 0.2) is 23.1 Å². The second-order valence-corrected chi connectivity index (χ2v) is 8.59. The highest BCUT2D eigenvalue weighted by atomic mass is 32.2. The first-order valence-corrected chi connectivity index (χ1v) is 11.8. The molecule has 1 aromatic rings. The standard InChI is InChI=1S/C22H26N2O9S/c25-17-5-4-15(20(28)23-17)24-21(29)14-2-1-3-16(19(14)22(24)30)34-13-12-33-11-10-32-9-8-31-7-6-18(26)27/h1-3,15H,4-13H2,(H,26,27)(H,23,25,28). The second-order valence-electron chi connectivity index (χ2n) is 7.46. The molecule has 1 unspecified atom stereocenters. The van der Waals surface area contributed by atoms with E-state index in [2.05, 4.69) is 5.32 Å². The Bertz CT molecular complexity index is 952. The van der Waals surface area contributed by atoms with Gasteiger partial charge in [-0.05, 0) is 18.6 Å². The van der Waals surface area contributed by atoms with E-state index in [0.29, 0.717) is 43.7 Å². The summed E-state index contributed by atoms with van der Waals surface area (Å²) in [7, 11) is 0. The van der Waals surface area contributed by atoms with Gasteiger partial charge < -0.3 is 19.3 Å². The van der Waals surface area contributed by atoms with E-state index in [1.807, 2.05) is 0 Å². The van der Waals surface area contributed by atoms with E-state index < -0.39 is 35.6 Å². The van der Waals surface area contributed by atoms with Gasteiger partial charge in [0.15, 0.2) is 0 Å². The van der Waals surface area contributed by atoms with Crippen LogP contribution < -0.4 is 5.32 Å². The van der Waals surface area contributed by atoms with Gasteiger partial charge in [-0.3, -0.25) is 34.2 Å². The number of amides is 4. The average molecular weight is 495 g/mol. The number of benzene rings is 1. The van der Waals surface area contributed by atoms with Gasteiger partial charge in [-0.1, -0.05) is 6.07 Å². The van der Waals surface area contributed by atoms with Gasteiger partial charge in [0, 0.05) is 17.1 Å². The number of carboxylic acid groups (broad SMARTS) is 1. The second kappa shape index (κ2) is 12.6. The van der Waals surface area contributed by atoms with Crippen LogP contribution in [0.2, 0.25) is 0 Å². The van der Waals surface area contributed by atoms with Crippen molar-refractivity contribution in [2.75, 3.05) is 45.4 Å². The lowest BCUT2D eigenvalue weighted by molar-refractivity contribution is -0.138. The van der Waals surface area contributed by atoms with Crippen LogP contribution >= 0.6 is 11.8 Å². The smallest absolute Gasteiger partial charge is 0.305 e. The zero-order chi connectivity index (χ0) is 24.5. The molecule has 12 heteroatoms. The van der Waals surface area contributed by atoms with Crippen molar-refractivity contribution in [2.45, 2.75) is 30.2 Å². The van der Waals surface area contributed by atoms with Crippen molar-refractivity contribution < 1.29 is 43.3 Å². The molecule has 2 aliphatic heterocycles. The number of carboxylic acids is 1.